The second-order valence-corrected chi connectivity index (χ2v) is 6.58. The van der Waals surface area contributed by atoms with Crippen LogP contribution in [-0.4, -0.2) is 42.6 Å². The Hall–Kier alpha value is -1.62. The van der Waals surface area contributed by atoms with Gasteiger partial charge >= 0.3 is 0 Å². The number of guanidine groups is 1. The maximum absolute atomic E-state index is 4.62. The Bertz CT molecular complexity index is 633. The SMILES string of the molecule is CCNC(=NCCCSC)NCCc1c[nH]c2c(C)cccc12. The predicted molar refractivity (Wildman–Crippen MR) is 104 cm³/mol. The number of aryl methyl sites for hydroxylation is 1. The normalized spacial score (nSPS) is 11.9. The van der Waals surface area contributed by atoms with Gasteiger partial charge in [0.05, 0.1) is 0 Å². The summed E-state index contributed by atoms with van der Waals surface area (Å²) in [5.74, 6) is 2.09. The zero-order valence-electron chi connectivity index (χ0n) is 14.4. The van der Waals surface area contributed by atoms with Crippen molar-refractivity contribution >= 4 is 28.6 Å². The Morgan fingerprint density at radius 3 is 2.96 bits per heavy atom. The van der Waals surface area contributed by atoms with Gasteiger partial charge in [-0.3, -0.25) is 4.99 Å². The van der Waals surface area contributed by atoms with E-state index in [4.69, 9.17) is 0 Å². The largest absolute Gasteiger partial charge is 0.361 e. The number of para-hydroxylation sites is 1. The van der Waals surface area contributed by atoms with Gasteiger partial charge in [-0.05, 0) is 49.8 Å². The van der Waals surface area contributed by atoms with E-state index in [0.29, 0.717) is 0 Å². The molecule has 0 aliphatic rings. The molecule has 4 nitrogen and oxygen atoms in total. The molecule has 2 rings (SSSR count). The fraction of sp³-hybridized carbons (Fsp3) is 0.500. The molecule has 126 valence electrons. The molecule has 0 spiro atoms. The lowest BCUT2D eigenvalue weighted by Gasteiger charge is -2.11. The number of nitrogens with one attached hydrogen (secondary N) is 3. The zero-order valence-corrected chi connectivity index (χ0v) is 15.2. The summed E-state index contributed by atoms with van der Waals surface area (Å²) in [6.07, 6.45) is 6.37. The molecule has 3 N–H and O–H groups in total. The van der Waals surface area contributed by atoms with Crippen molar-refractivity contribution in [3.8, 4) is 0 Å². The Labute approximate surface area is 143 Å². The van der Waals surface area contributed by atoms with Crippen LogP contribution >= 0.6 is 11.8 Å². The van der Waals surface area contributed by atoms with Crippen LogP contribution in [-0.2, 0) is 6.42 Å². The molecule has 0 bridgehead atoms. The van der Waals surface area contributed by atoms with Gasteiger partial charge in [0, 0.05) is 36.7 Å². The minimum absolute atomic E-state index is 0.877. The fourth-order valence-electron chi connectivity index (χ4n) is 2.63. The first-order valence-corrected chi connectivity index (χ1v) is 9.72. The minimum atomic E-state index is 0.877. The van der Waals surface area contributed by atoms with Gasteiger partial charge in [0.2, 0.25) is 0 Å². The van der Waals surface area contributed by atoms with E-state index in [2.05, 4.69) is 65.1 Å². The Kier molecular flexibility index (Phi) is 7.33. The second kappa shape index (κ2) is 9.50. The first-order valence-electron chi connectivity index (χ1n) is 8.33. The average molecular weight is 333 g/mol. The summed E-state index contributed by atoms with van der Waals surface area (Å²) in [7, 11) is 0. The number of aliphatic imine (C=N–C) groups is 1. The molecule has 0 unspecified atom stereocenters. The van der Waals surface area contributed by atoms with Crippen LogP contribution in [0.2, 0.25) is 0 Å². The van der Waals surface area contributed by atoms with Crippen molar-refractivity contribution < 1.29 is 0 Å². The average Bonchev–Trinajstić information content (AvgIpc) is 2.96. The van der Waals surface area contributed by atoms with Crippen molar-refractivity contribution in [3.63, 3.8) is 0 Å². The number of rotatable bonds is 8. The van der Waals surface area contributed by atoms with Crippen molar-refractivity contribution in [1.29, 1.82) is 0 Å². The third kappa shape index (κ3) is 5.20. The lowest BCUT2D eigenvalue weighted by atomic mass is 10.1. The van der Waals surface area contributed by atoms with Crippen molar-refractivity contribution in [1.82, 2.24) is 15.6 Å². The lowest BCUT2D eigenvalue weighted by molar-refractivity contribution is 0.796. The van der Waals surface area contributed by atoms with E-state index in [1.807, 2.05) is 11.8 Å². The lowest BCUT2D eigenvalue weighted by Crippen LogP contribution is -2.38. The highest BCUT2D eigenvalue weighted by Gasteiger charge is 2.05. The summed E-state index contributed by atoms with van der Waals surface area (Å²) in [4.78, 5) is 8.01. The minimum Gasteiger partial charge on any atom is -0.361 e. The van der Waals surface area contributed by atoms with Crippen molar-refractivity contribution in [2.45, 2.75) is 26.7 Å². The number of thioether (sulfide) groups is 1. The molecule has 1 aromatic carbocycles. The highest BCUT2D eigenvalue weighted by Crippen LogP contribution is 2.21. The number of aromatic nitrogens is 1. The predicted octanol–water partition coefficient (Wildman–Crippen LogP) is 3.33. The number of H-pyrrole nitrogens is 1. The maximum atomic E-state index is 4.62. The molecule has 0 atom stereocenters. The summed E-state index contributed by atoms with van der Waals surface area (Å²) in [6, 6.07) is 6.46. The third-order valence-corrected chi connectivity index (χ3v) is 4.51. The monoisotopic (exact) mass is 332 g/mol. The zero-order chi connectivity index (χ0) is 16.5. The molecule has 1 aromatic heterocycles. The van der Waals surface area contributed by atoms with Gasteiger partial charge in [-0.1, -0.05) is 18.2 Å². The number of nitrogens with zero attached hydrogens (tertiary/aromatic N) is 1. The summed E-state index contributed by atoms with van der Waals surface area (Å²) in [6.45, 7) is 6.89. The fourth-order valence-corrected chi connectivity index (χ4v) is 3.05. The van der Waals surface area contributed by atoms with Gasteiger partial charge in [-0.25, -0.2) is 0 Å². The van der Waals surface area contributed by atoms with Gasteiger partial charge in [0.15, 0.2) is 5.96 Å². The Morgan fingerprint density at radius 1 is 1.30 bits per heavy atom. The molecule has 0 amide bonds. The van der Waals surface area contributed by atoms with Crippen LogP contribution in [0.3, 0.4) is 0 Å². The van der Waals surface area contributed by atoms with E-state index in [-0.39, 0.29) is 0 Å². The van der Waals surface area contributed by atoms with Crippen molar-refractivity contribution in [2.75, 3.05) is 31.6 Å². The van der Waals surface area contributed by atoms with Crippen LogP contribution in [0.15, 0.2) is 29.4 Å². The molecule has 0 aliphatic heterocycles. The van der Waals surface area contributed by atoms with Crippen molar-refractivity contribution in [2.24, 2.45) is 4.99 Å². The molecule has 0 saturated heterocycles. The Morgan fingerprint density at radius 2 is 2.17 bits per heavy atom. The standard InChI is InChI=1S/C18H28N4S/c1-4-19-18(20-10-6-12-23-3)21-11-9-15-13-22-17-14(2)7-5-8-16(15)17/h5,7-8,13,22H,4,6,9-12H2,1-3H3,(H2,19,20,21). The van der Waals surface area contributed by atoms with E-state index >= 15 is 0 Å². The number of fused-ring (bicyclic) bond motifs is 1. The summed E-state index contributed by atoms with van der Waals surface area (Å²) < 4.78 is 0. The molecule has 0 radical (unpaired) electrons. The first-order chi connectivity index (χ1) is 11.3. The molecular weight excluding hydrogens is 304 g/mol. The van der Waals surface area contributed by atoms with E-state index in [9.17, 15) is 0 Å². The van der Waals surface area contributed by atoms with Crippen LogP contribution in [0, 0.1) is 6.92 Å². The van der Waals surface area contributed by atoms with Gasteiger partial charge in [-0.2, -0.15) is 11.8 Å². The molecule has 5 heteroatoms. The second-order valence-electron chi connectivity index (χ2n) is 5.60. The van der Waals surface area contributed by atoms with Crippen LogP contribution < -0.4 is 10.6 Å². The number of benzene rings is 1. The number of hydrogen-bond donors (Lipinski definition) is 3. The molecule has 2 aromatic rings. The molecule has 0 fully saturated rings. The van der Waals surface area contributed by atoms with Gasteiger partial charge < -0.3 is 15.6 Å². The van der Waals surface area contributed by atoms with Crippen LogP contribution in [0.4, 0.5) is 0 Å². The van der Waals surface area contributed by atoms with Crippen molar-refractivity contribution in [3.05, 3.63) is 35.5 Å². The number of aromatic amines is 1. The molecule has 0 aliphatic carbocycles. The van der Waals surface area contributed by atoms with Crippen LogP contribution in [0.25, 0.3) is 10.9 Å². The molecule has 0 saturated carbocycles. The van der Waals surface area contributed by atoms with E-state index in [0.717, 1.165) is 44.2 Å². The third-order valence-electron chi connectivity index (χ3n) is 3.82. The Balaban J connectivity index is 1.89. The van der Waals surface area contributed by atoms with E-state index in [1.54, 1.807) is 0 Å². The summed E-state index contributed by atoms with van der Waals surface area (Å²) in [5.41, 5.74) is 3.90. The molecule has 1 heterocycles. The quantitative estimate of drug-likeness (QED) is 0.395. The van der Waals surface area contributed by atoms with Gasteiger partial charge in [0.1, 0.15) is 0 Å². The maximum Gasteiger partial charge on any atom is 0.191 e. The van der Waals surface area contributed by atoms with Crippen LogP contribution in [0.1, 0.15) is 24.5 Å². The molecule has 23 heavy (non-hydrogen) atoms. The topological polar surface area (TPSA) is 52.2 Å². The van der Waals surface area contributed by atoms with Crippen LogP contribution in [0.5, 0.6) is 0 Å². The molecular formula is C18H28N4S. The first kappa shape index (κ1) is 17.7. The summed E-state index contributed by atoms with van der Waals surface area (Å²) >= 11 is 1.87. The van der Waals surface area contributed by atoms with E-state index in [1.165, 1.54) is 22.0 Å². The van der Waals surface area contributed by atoms with E-state index < -0.39 is 0 Å². The highest BCUT2D eigenvalue weighted by atomic mass is 32.2. The van der Waals surface area contributed by atoms with Gasteiger partial charge in [0.25, 0.3) is 0 Å². The van der Waals surface area contributed by atoms with Gasteiger partial charge in [-0.15, -0.1) is 0 Å². The smallest absolute Gasteiger partial charge is 0.191 e. The summed E-state index contributed by atoms with van der Waals surface area (Å²) in [5, 5.41) is 8.07. The highest BCUT2D eigenvalue weighted by molar-refractivity contribution is 7.98. The number of hydrogen-bond acceptors (Lipinski definition) is 2.